The van der Waals surface area contributed by atoms with Crippen LogP contribution in [0.1, 0.15) is 5.56 Å². The van der Waals surface area contributed by atoms with Crippen molar-refractivity contribution in [2.24, 2.45) is 0 Å². The van der Waals surface area contributed by atoms with E-state index in [2.05, 4.69) is 48.1 Å². The molecule has 98 valence electrons. The van der Waals surface area contributed by atoms with E-state index < -0.39 is 4.92 Å². The van der Waals surface area contributed by atoms with Crippen LogP contribution in [0.3, 0.4) is 0 Å². The van der Waals surface area contributed by atoms with E-state index in [9.17, 15) is 0 Å². The average molecular weight is 321 g/mol. The first-order valence-electron chi connectivity index (χ1n) is 4.69. The molecule has 1 aromatic carbocycles. The number of thiol groups is 3. The number of benzene rings is 1. The lowest BCUT2D eigenvalue weighted by molar-refractivity contribution is -0.445. The average Bonchev–Trinajstić information content (AvgIpc) is 2.65. The van der Waals surface area contributed by atoms with Gasteiger partial charge in [0.25, 0.3) is 0 Å². The first-order chi connectivity index (χ1) is 8.27. The Morgan fingerprint density at radius 2 is 1.67 bits per heavy atom. The molecule has 0 unspecified atom stereocenters. The SMILES string of the molecule is C[N+](=O)[O-].Cc1c(S)c(S)c2[nH][nH]c(=S)c2c1S. The van der Waals surface area contributed by atoms with E-state index in [0.717, 1.165) is 38.2 Å². The van der Waals surface area contributed by atoms with Crippen LogP contribution < -0.4 is 0 Å². The van der Waals surface area contributed by atoms with Gasteiger partial charge in [-0.05, 0) is 12.5 Å². The van der Waals surface area contributed by atoms with E-state index in [1.165, 1.54) is 0 Å². The van der Waals surface area contributed by atoms with E-state index in [-0.39, 0.29) is 0 Å². The molecule has 0 aliphatic rings. The highest BCUT2D eigenvalue weighted by molar-refractivity contribution is 7.84. The highest BCUT2D eigenvalue weighted by Gasteiger charge is 2.12. The molecule has 0 saturated carbocycles. The number of H-pyrrole nitrogens is 2. The molecular formula is C9H11N3O2S4. The van der Waals surface area contributed by atoms with Crippen molar-refractivity contribution in [2.75, 3.05) is 7.05 Å². The number of hydrogen-bond donors (Lipinski definition) is 5. The van der Waals surface area contributed by atoms with Gasteiger partial charge in [0.15, 0.2) is 7.05 Å². The highest BCUT2D eigenvalue weighted by atomic mass is 32.1. The van der Waals surface area contributed by atoms with Crippen molar-refractivity contribution in [1.82, 2.24) is 10.2 Å². The molecule has 9 heteroatoms. The summed E-state index contributed by atoms with van der Waals surface area (Å²) < 4.78 is 0.650. The monoisotopic (exact) mass is 321 g/mol. The van der Waals surface area contributed by atoms with Crippen molar-refractivity contribution in [3.63, 3.8) is 0 Å². The van der Waals surface area contributed by atoms with E-state index >= 15 is 0 Å². The standard InChI is InChI=1S/C8H8N2S4.CH3NO2/c1-2-5(11)3-4(7(13)6(2)12)9-10-8(3)14;1-2(3)4/h11-13H,1H3,(H2,9,10,14);1H3. The highest BCUT2D eigenvalue weighted by Crippen LogP contribution is 2.35. The van der Waals surface area contributed by atoms with Gasteiger partial charge in [-0.15, -0.1) is 37.9 Å². The fraction of sp³-hybridized carbons (Fsp3) is 0.222. The Bertz CT molecular complexity index is 658. The maximum atomic E-state index is 8.81. The number of nitrogens with one attached hydrogen (secondary N) is 2. The van der Waals surface area contributed by atoms with Gasteiger partial charge in [-0.2, -0.15) is 0 Å². The largest absolute Gasteiger partial charge is 0.298 e. The molecule has 0 amide bonds. The molecule has 0 spiro atoms. The minimum Gasteiger partial charge on any atom is -0.298 e. The normalized spacial score (nSPS) is 10.1. The van der Waals surface area contributed by atoms with Crippen molar-refractivity contribution in [1.29, 1.82) is 0 Å². The van der Waals surface area contributed by atoms with Gasteiger partial charge in [-0.25, -0.2) is 0 Å². The summed E-state index contributed by atoms with van der Waals surface area (Å²) >= 11 is 18.3. The molecule has 0 aliphatic carbocycles. The predicted octanol–water partition coefficient (Wildman–Crippen LogP) is 3.29. The van der Waals surface area contributed by atoms with Crippen molar-refractivity contribution in [3.8, 4) is 0 Å². The topological polar surface area (TPSA) is 74.7 Å². The van der Waals surface area contributed by atoms with Gasteiger partial charge >= 0.3 is 0 Å². The van der Waals surface area contributed by atoms with Gasteiger partial charge in [0, 0.05) is 19.6 Å². The summed E-state index contributed by atoms with van der Waals surface area (Å²) in [5, 5.41) is 15.5. The Kier molecular flexibility index (Phi) is 5.14. The van der Waals surface area contributed by atoms with Crippen molar-refractivity contribution in [2.45, 2.75) is 21.6 Å². The third kappa shape index (κ3) is 3.02. The second-order valence-electron chi connectivity index (χ2n) is 3.44. The molecule has 1 heterocycles. The van der Waals surface area contributed by atoms with E-state index in [0.29, 0.717) is 4.64 Å². The molecule has 18 heavy (non-hydrogen) atoms. The number of nitrogens with zero attached hydrogens (tertiary/aromatic N) is 1. The number of fused-ring (bicyclic) bond motifs is 1. The second-order valence-corrected chi connectivity index (χ2v) is 5.19. The number of nitro groups is 1. The van der Waals surface area contributed by atoms with Gasteiger partial charge < -0.3 is 0 Å². The first kappa shape index (κ1) is 15.4. The van der Waals surface area contributed by atoms with Gasteiger partial charge in [-0.3, -0.25) is 20.3 Å². The zero-order chi connectivity index (χ0) is 14.0. The maximum absolute atomic E-state index is 8.81. The smallest absolute Gasteiger partial charge is 0.194 e. The van der Waals surface area contributed by atoms with Crippen LogP contribution in [0.25, 0.3) is 10.9 Å². The Hall–Kier alpha value is -0.640. The quantitative estimate of drug-likeness (QED) is 0.224. The van der Waals surface area contributed by atoms with Gasteiger partial charge in [0.2, 0.25) is 0 Å². The van der Waals surface area contributed by atoms with E-state index in [1.807, 2.05) is 6.92 Å². The minimum absolute atomic E-state index is 0.500. The molecule has 5 nitrogen and oxygen atoms in total. The number of aromatic amines is 2. The fourth-order valence-electron chi connectivity index (χ4n) is 1.36. The molecule has 2 rings (SSSR count). The van der Waals surface area contributed by atoms with Crippen molar-refractivity contribution < 1.29 is 4.92 Å². The molecule has 2 aromatic rings. The van der Waals surface area contributed by atoms with Crippen LogP contribution in [0.5, 0.6) is 0 Å². The molecule has 0 radical (unpaired) electrons. The van der Waals surface area contributed by atoms with E-state index in [1.54, 1.807) is 0 Å². The number of aromatic nitrogens is 2. The summed E-state index contributed by atoms with van der Waals surface area (Å²) in [4.78, 5) is 10.8. The van der Waals surface area contributed by atoms with Crippen LogP contribution in [-0.2, 0) is 0 Å². The van der Waals surface area contributed by atoms with Crippen LogP contribution in [0.2, 0.25) is 0 Å². The Labute approximate surface area is 125 Å². The number of hydrogen-bond acceptors (Lipinski definition) is 6. The van der Waals surface area contributed by atoms with Crippen LogP contribution >= 0.6 is 50.1 Å². The third-order valence-corrected chi connectivity index (χ3v) is 4.23. The lowest BCUT2D eigenvalue weighted by Crippen LogP contribution is -1.85. The van der Waals surface area contributed by atoms with Gasteiger partial charge in [0.1, 0.15) is 4.64 Å². The van der Waals surface area contributed by atoms with E-state index in [4.69, 9.17) is 22.3 Å². The van der Waals surface area contributed by atoms with Crippen molar-refractivity contribution >= 4 is 61.0 Å². The summed E-state index contributed by atoms with van der Waals surface area (Å²) in [6.07, 6.45) is 0. The van der Waals surface area contributed by atoms with Crippen molar-refractivity contribution in [3.05, 3.63) is 20.3 Å². The molecule has 0 saturated heterocycles. The minimum atomic E-state index is -0.500. The summed E-state index contributed by atoms with van der Waals surface area (Å²) in [6.45, 7) is 1.95. The summed E-state index contributed by atoms with van der Waals surface area (Å²) in [6, 6.07) is 0. The predicted molar refractivity (Wildman–Crippen MR) is 82.9 cm³/mol. The van der Waals surface area contributed by atoms with Gasteiger partial charge in [-0.1, -0.05) is 12.2 Å². The summed E-state index contributed by atoms with van der Waals surface area (Å²) in [5.74, 6) is 0. The zero-order valence-electron chi connectivity index (χ0n) is 9.51. The third-order valence-electron chi connectivity index (χ3n) is 2.19. The summed E-state index contributed by atoms with van der Waals surface area (Å²) in [5.41, 5.74) is 1.85. The Balaban J connectivity index is 0.000000357. The maximum Gasteiger partial charge on any atom is 0.194 e. The fourth-order valence-corrected chi connectivity index (χ4v) is 2.67. The lowest BCUT2D eigenvalue weighted by Gasteiger charge is -2.07. The molecule has 1 aromatic heterocycles. The van der Waals surface area contributed by atoms with Crippen LogP contribution in [0.4, 0.5) is 0 Å². The number of rotatable bonds is 0. The molecule has 0 fully saturated rings. The van der Waals surface area contributed by atoms with Gasteiger partial charge in [0.05, 0.1) is 10.9 Å². The molecule has 0 bridgehead atoms. The molecular weight excluding hydrogens is 310 g/mol. The second kappa shape index (κ2) is 6.00. The first-order valence-corrected chi connectivity index (χ1v) is 6.44. The summed E-state index contributed by atoms with van der Waals surface area (Å²) in [7, 11) is 0.889. The van der Waals surface area contributed by atoms with Crippen LogP contribution in [0.15, 0.2) is 14.7 Å². The molecule has 0 atom stereocenters. The molecule has 0 aliphatic heterocycles. The zero-order valence-corrected chi connectivity index (χ0v) is 13.0. The Morgan fingerprint density at radius 3 is 2.17 bits per heavy atom. The lowest BCUT2D eigenvalue weighted by atomic mass is 10.2. The van der Waals surface area contributed by atoms with Crippen LogP contribution in [0, 0.1) is 21.7 Å². The Morgan fingerprint density at radius 1 is 1.17 bits per heavy atom. The molecule has 2 N–H and O–H groups in total. The van der Waals surface area contributed by atoms with Crippen LogP contribution in [-0.4, -0.2) is 22.2 Å².